The van der Waals surface area contributed by atoms with E-state index in [1.807, 2.05) is 72.2 Å². The first-order valence-corrected chi connectivity index (χ1v) is 12.0. The third-order valence-electron chi connectivity index (χ3n) is 4.83. The lowest BCUT2D eigenvalue weighted by molar-refractivity contribution is -0.118. The topological polar surface area (TPSA) is 94.3 Å². The number of pyridine rings is 1. The second kappa shape index (κ2) is 11.1. The second-order valence-corrected chi connectivity index (χ2v) is 8.97. The number of methoxy groups -OCH3 is 1. The van der Waals surface area contributed by atoms with Gasteiger partial charge in [-0.25, -0.2) is 5.43 Å². The number of halogens is 1. The van der Waals surface area contributed by atoms with Gasteiger partial charge in [-0.2, -0.15) is 5.10 Å². The molecule has 2 aromatic carbocycles. The highest BCUT2D eigenvalue weighted by molar-refractivity contribution is 9.10. The molecule has 0 bridgehead atoms. The van der Waals surface area contributed by atoms with E-state index in [1.165, 1.54) is 11.8 Å². The summed E-state index contributed by atoms with van der Waals surface area (Å²) >= 11 is 4.75. The number of hydrogen-bond donors (Lipinski definition) is 1. The molecule has 0 unspecified atom stereocenters. The van der Waals surface area contributed by atoms with Crippen LogP contribution < -0.4 is 10.2 Å². The molecule has 1 N–H and O–H groups in total. The first-order valence-electron chi connectivity index (χ1n) is 10.3. The van der Waals surface area contributed by atoms with Crippen molar-refractivity contribution in [3.8, 4) is 22.8 Å². The van der Waals surface area contributed by atoms with Crippen molar-refractivity contribution in [3.05, 3.63) is 83.1 Å². The highest BCUT2D eigenvalue weighted by atomic mass is 79.9. The van der Waals surface area contributed by atoms with Gasteiger partial charge in [-0.15, -0.1) is 10.2 Å². The van der Waals surface area contributed by atoms with Crippen molar-refractivity contribution in [1.29, 1.82) is 0 Å². The average Bonchev–Trinajstić information content (AvgIpc) is 3.31. The van der Waals surface area contributed by atoms with Crippen molar-refractivity contribution in [2.75, 3.05) is 12.9 Å². The molecule has 0 saturated carbocycles. The zero-order valence-corrected chi connectivity index (χ0v) is 20.9. The highest BCUT2D eigenvalue weighted by Gasteiger charge is 2.17. The van der Waals surface area contributed by atoms with Gasteiger partial charge in [0.1, 0.15) is 5.75 Å². The summed E-state index contributed by atoms with van der Waals surface area (Å²) in [5.41, 5.74) is 5.90. The molecule has 0 saturated heterocycles. The Morgan fingerprint density at radius 3 is 2.56 bits per heavy atom. The maximum atomic E-state index is 12.5. The first-order chi connectivity index (χ1) is 16.5. The zero-order valence-electron chi connectivity index (χ0n) is 18.5. The number of carbonyl (C=O) groups is 1. The highest BCUT2D eigenvalue weighted by Crippen LogP contribution is 2.28. The molecular formula is C24H21BrN6O2S. The molecule has 0 fully saturated rings. The number of aromatic nitrogens is 4. The molecule has 8 nitrogen and oxygen atoms in total. The minimum absolute atomic E-state index is 0.126. The molecular weight excluding hydrogens is 516 g/mol. The largest absolute Gasteiger partial charge is 0.497 e. The Balaban J connectivity index is 1.49. The van der Waals surface area contributed by atoms with Crippen molar-refractivity contribution < 1.29 is 9.53 Å². The molecule has 0 aliphatic heterocycles. The van der Waals surface area contributed by atoms with Crippen molar-refractivity contribution in [3.63, 3.8) is 0 Å². The minimum Gasteiger partial charge on any atom is -0.497 e. The zero-order chi connectivity index (χ0) is 23.9. The van der Waals surface area contributed by atoms with Crippen molar-refractivity contribution >= 4 is 39.3 Å². The van der Waals surface area contributed by atoms with Crippen LogP contribution in [0.15, 0.2) is 87.8 Å². The number of nitrogens with zero attached hydrogens (tertiary/aromatic N) is 5. The summed E-state index contributed by atoms with van der Waals surface area (Å²) in [5, 5.41) is 13.5. The lowest BCUT2D eigenvalue weighted by Gasteiger charge is -2.10. The fraction of sp³-hybridized carbons (Fsp3) is 0.125. The second-order valence-electron chi connectivity index (χ2n) is 7.11. The summed E-state index contributed by atoms with van der Waals surface area (Å²) in [6.45, 7) is 1.83. The number of thioether (sulfide) groups is 1. The predicted octanol–water partition coefficient (Wildman–Crippen LogP) is 4.73. The van der Waals surface area contributed by atoms with E-state index < -0.39 is 0 Å². The Hall–Kier alpha value is -3.50. The number of nitrogens with one attached hydrogen (secondary N) is 1. The van der Waals surface area contributed by atoms with E-state index in [9.17, 15) is 4.79 Å². The van der Waals surface area contributed by atoms with Gasteiger partial charge in [0.15, 0.2) is 11.0 Å². The summed E-state index contributed by atoms with van der Waals surface area (Å²) in [5.74, 6) is 1.29. The Morgan fingerprint density at radius 1 is 1.12 bits per heavy atom. The number of amides is 1. The number of ether oxygens (including phenoxy) is 1. The average molecular weight is 537 g/mol. The quantitative estimate of drug-likeness (QED) is 0.198. The maximum absolute atomic E-state index is 12.5. The van der Waals surface area contributed by atoms with Crippen LogP contribution in [0.5, 0.6) is 5.75 Å². The van der Waals surface area contributed by atoms with Gasteiger partial charge in [-0.05, 0) is 73.2 Å². The molecule has 4 aromatic rings. The van der Waals surface area contributed by atoms with Crippen molar-refractivity contribution in [2.45, 2.75) is 12.1 Å². The summed E-state index contributed by atoms with van der Waals surface area (Å²) in [7, 11) is 1.62. The Labute approximate surface area is 209 Å². The van der Waals surface area contributed by atoms with Gasteiger partial charge in [0.05, 0.1) is 18.6 Å². The van der Waals surface area contributed by atoms with Crippen molar-refractivity contribution in [1.82, 2.24) is 25.2 Å². The number of benzene rings is 2. The number of carbonyl (C=O) groups excluding carboxylic acids is 1. The molecule has 10 heteroatoms. The minimum atomic E-state index is -0.244. The Bertz CT molecular complexity index is 1290. The van der Waals surface area contributed by atoms with Gasteiger partial charge in [-0.3, -0.25) is 14.3 Å². The number of hydrogen-bond acceptors (Lipinski definition) is 7. The molecule has 2 heterocycles. The molecule has 0 aliphatic carbocycles. The predicted molar refractivity (Wildman–Crippen MR) is 136 cm³/mol. The first kappa shape index (κ1) is 23.7. The van der Waals surface area contributed by atoms with Crippen LogP contribution in [0.2, 0.25) is 0 Å². The van der Waals surface area contributed by atoms with Crippen LogP contribution in [0.25, 0.3) is 17.1 Å². The van der Waals surface area contributed by atoms with Gasteiger partial charge < -0.3 is 4.74 Å². The summed E-state index contributed by atoms with van der Waals surface area (Å²) in [6.07, 6.45) is 3.44. The SMILES string of the molecule is COc1ccc(C(C)=NNC(=O)CSc2nnc(-c3cccnc3)n2-c2ccc(Br)cc2)cc1. The van der Waals surface area contributed by atoms with Crippen LogP contribution in [-0.2, 0) is 4.79 Å². The third-order valence-corrected chi connectivity index (χ3v) is 6.28. The Kier molecular flexibility index (Phi) is 7.71. The van der Waals surface area contributed by atoms with Gasteiger partial charge >= 0.3 is 0 Å². The molecule has 1 amide bonds. The van der Waals surface area contributed by atoms with Crippen LogP contribution in [0.3, 0.4) is 0 Å². The lowest BCUT2D eigenvalue weighted by Crippen LogP contribution is -2.21. The normalized spacial score (nSPS) is 11.3. The van der Waals surface area contributed by atoms with E-state index in [0.717, 1.165) is 27.0 Å². The molecule has 0 spiro atoms. The fourth-order valence-corrected chi connectivity index (χ4v) is 4.08. The van der Waals surface area contributed by atoms with Gasteiger partial charge in [-0.1, -0.05) is 27.7 Å². The molecule has 2 aromatic heterocycles. The standard InChI is InChI=1S/C24H21BrN6O2S/c1-16(17-5-11-21(33-2)12-6-17)27-28-22(32)15-34-24-30-29-23(18-4-3-13-26-14-18)31(24)20-9-7-19(25)8-10-20/h3-14H,15H2,1-2H3,(H,28,32). The van der Waals surface area contributed by atoms with Crippen LogP contribution in [0.1, 0.15) is 12.5 Å². The number of rotatable bonds is 8. The summed E-state index contributed by atoms with van der Waals surface area (Å²) in [6, 6.07) is 19.0. The molecule has 4 rings (SSSR count). The van der Waals surface area contributed by atoms with Gasteiger partial charge in [0.25, 0.3) is 5.91 Å². The van der Waals surface area contributed by atoms with E-state index >= 15 is 0 Å². The van der Waals surface area contributed by atoms with Crippen LogP contribution >= 0.6 is 27.7 Å². The summed E-state index contributed by atoms with van der Waals surface area (Å²) < 4.78 is 8.04. The van der Waals surface area contributed by atoms with E-state index in [4.69, 9.17) is 4.74 Å². The number of hydrazone groups is 1. The van der Waals surface area contributed by atoms with E-state index in [1.54, 1.807) is 19.5 Å². The third kappa shape index (κ3) is 5.70. The monoisotopic (exact) mass is 536 g/mol. The smallest absolute Gasteiger partial charge is 0.250 e. The molecule has 34 heavy (non-hydrogen) atoms. The van der Waals surface area contributed by atoms with E-state index in [-0.39, 0.29) is 11.7 Å². The molecule has 0 atom stereocenters. The van der Waals surface area contributed by atoms with E-state index in [0.29, 0.717) is 16.7 Å². The van der Waals surface area contributed by atoms with E-state index in [2.05, 4.69) is 41.6 Å². The molecule has 0 aliphatic rings. The molecule has 0 radical (unpaired) electrons. The van der Waals surface area contributed by atoms with Gasteiger partial charge in [0, 0.05) is 28.1 Å². The fourth-order valence-electron chi connectivity index (χ4n) is 3.07. The Morgan fingerprint density at radius 2 is 1.88 bits per heavy atom. The summed E-state index contributed by atoms with van der Waals surface area (Å²) in [4.78, 5) is 16.7. The maximum Gasteiger partial charge on any atom is 0.250 e. The molecule has 172 valence electrons. The van der Waals surface area contributed by atoms with Crippen LogP contribution in [-0.4, -0.2) is 44.2 Å². The van der Waals surface area contributed by atoms with Gasteiger partial charge in [0.2, 0.25) is 0 Å². The van der Waals surface area contributed by atoms with Crippen molar-refractivity contribution in [2.24, 2.45) is 5.10 Å². The van der Waals surface area contributed by atoms with Crippen LogP contribution in [0, 0.1) is 0 Å². The lowest BCUT2D eigenvalue weighted by atomic mass is 10.1. The van der Waals surface area contributed by atoms with Crippen LogP contribution in [0.4, 0.5) is 0 Å².